The van der Waals surface area contributed by atoms with Crippen LogP contribution in [0, 0.1) is 0 Å². The van der Waals surface area contributed by atoms with Crippen LogP contribution in [0.15, 0.2) is 67.1 Å². The van der Waals surface area contributed by atoms with E-state index in [1.807, 2.05) is 54.6 Å². The zero-order valence-electron chi connectivity index (χ0n) is 27.0. The van der Waals surface area contributed by atoms with E-state index >= 15 is 0 Å². The largest absolute Gasteiger partial charge is 0.361 e. The molecule has 1 saturated heterocycles. The zero-order valence-corrected chi connectivity index (χ0v) is 27.0. The Morgan fingerprint density at radius 1 is 0.938 bits per heavy atom. The third kappa shape index (κ3) is 8.60. The van der Waals surface area contributed by atoms with Gasteiger partial charge in [-0.25, -0.2) is 4.68 Å². The molecule has 0 bridgehead atoms. The van der Waals surface area contributed by atoms with Crippen LogP contribution in [-0.4, -0.2) is 109 Å². The number of aromatic nitrogens is 5. The van der Waals surface area contributed by atoms with Gasteiger partial charge in [-0.15, -0.1) is 5.10 Å². The monoisotopic (exact) mass is 656 g/mol. The highest BCUT2D eigenvalue weighted by atomic mass is 16.2. The van der Waals surface area contributed by atoms with Crippen LogP contribution < -0.4 is 16.0 Å². The molecular formula is C33H40N10O5. The number of carbonyl (C=O) groups excluding carboxylic acids is 5. The van der Waals surface area contributed by atoms with E-state index in [2.05, 4.69) is 36.5 Å². The lowest BCUT2D eigenvalue weighted by Gasteiger charge is -2.30. The van der Waals surface area contributed by atoms with Gasteiger partial charge in [-0.05, 0) is 41.0 Å². The first kappa shape index (κ1) is 33.8. The van der Waals surface area contributed by atoms with Gasteiger partial charge in [0.15, 0.2) is 0 Å². The minimum atomic E-state index is -1.04. The molecule has 1 fully saturated rings. The molecule has 4 aromatic rings. The Morgan fingerprint density at radius 2 is 1.71 bits per heavy atom. The van der Waals surface area contributed by atoms with Gasteiger partial charge in [-0.2, -0.15) is 0 Å². The molecule has 15 nitrogen and oxygen atoms in total. The molecule has 2 aromatic carbocycles. The lowest BCUT2D eigenvalue weighted by molar-refractivity contribution is -0.142. The Balaban J connectivity index is 1.40. The van der Waals surface area contributed by atoms with Crippen LogP contribution in [0.4, 0.5) is 0 Å². The summed E-state index contributed by atoms with van der Waals surface area (Å²) in [6.07, 6.45) is 4.12. The number of nitrogens with zero attached hydrogens (tertiary/aromatic N) is 6. The number of fused-ring (bicyclic) bond motifs is 1. The lowest BCUT2D eigenvalue weighted by atomic mass is 10.0. The maximum atomic E-state index is 14.0. The lowest BCUT2D eigenvalue weighted by Crippen LogP contribution is -2.57. The summed E-state index contributed by atoms with van der Waals surface area (Å²) < 4.78 is 1.51. The average Bonchev–Trinajstić information content (AvgIpc) is 3.76. The highest BCUT2D eigenvalue weighted by Crippen LogP contribution is 2.20. The first-order valence-electron chi connectivity index (χ1n) is 15.9. The summed E-state index contributed by atoms with van der Waals surface area (Å²) in [5.74, 6) is -2.31. The van der Waals surface area contributed by atoms with Crippen LogP contribution in [0.1, 0.15) is 30.9 Å². The van der Waals surface area contributed by atoms with E-state index in [1.165, 1.54) is 27.9 Å². The van der Waals surface area contributed by atoms with Gasteiger partial charge in [-0.3, -0.25) is 24.0 Å². The van der Waals surface area contributed by atoms with Crippen molar-refractivity contribution in [3.63, 3.8) is 0 Å². The number of likely N-dealkylation sites (N-methyl/N-ethyl adjacent to an activating group) is 1. The quantitative estimate of drug-likeness (QED) is 0.207. The molecule has 48 heavy (non-hydrogen) atoms. The number of aryl methyl sites for hydroxylation is 1. The fraction of sp³-hybridized carbons (Fsp3) is 0.394. The molecule has 0 aliphatic carbocycles. The molecule has 252 valence electrons. The van der Waals surface area contributed by atoms with Crippen molar-refractivity contribution in [2.24, 2.45) is 0 Å². The fourth-order valence-corrected chi connectivity index (χ4v) is 5.66. The summed E-state index contributed by atoms with van der Waals surface area (Å²) in [6.45, 7) is 1.72. The molecule has 0 saturated carbocycles. The maximum Gasteiger partial charge on any atom is 0.245 e. The summed E-state index contributed by atoms with van der Waals surface area (Å²) in [7, 11) is 1.49. The number of carbonyl (C=O) groups is 5. The molecule has 2 aromatic heterocycles. The van der Waals surface area contributed by atoms with E-state index in [0.717, 1.165) is 22.0 Å². The van der Waals surface area contributed by atoms with Crippen LogP contribution in [-0.2, 0) is 43.4 Å². The molecular weight excluding hydrogens is 616 g/mol. The van der Waals surface area contributed by atoms with Crippen molar-refractivity contribution in [3.8, 4) is 0 Å². The second-order valence-electron chi connectivity index (χ2n) is 11.8. The number of H-pyrrole nitrogens is 1. The van der Waals surface area contributed by atoms with Crippen LogP contribution in [0.25, 0.3) is 10.9 Å². The van der Waals surface area contributed by atoms with Gasteiger partial charge in [0, 0.05) is 63.0 Å². The first-order valence-corrected chi connectivity index (χ1v) is 15.9. The van der Waals surface area contributed by atoms with Crippen LogP contribution in [0.5, 0.6) is 0 Å². The number of rotatable bonds is 8. The summed E-state index contributed by atoms with van der Waals surface area (Å²) >= 11 is 0. The Kier molecular flexibility index (Phi) is 11.1. The second kappa shape index (κ2) is 15.8. The van der Waals surface area contributed by atoms with E-state index in [4.69, 9.17) is 0 Å². The van der Waals surface area contributed by atoms with Crippen molar-refractivity contribution in [1.82, 2.24) is 50.9 Å². The molecule has 0 radical (unpaired) electrons. The third-order valence-corrected chi connectivity index (χ3v) is 8.49. The third-order valence-electron chi connectivity index (χ3n) is 8.49. The Morgan fingerprint density at radius 3 is 2.48 bits per heavy atom. The summed E-state index contributed by atoms with van der Waals surface area (Å²) in [4.78, 5) is 73.7. The van der Waals surface area contributed by atoms with Crippen LogP contribution in [0.2, 0.25) is 0 Å². The van der Waals surface area contributed by atoms with Gasteiger partial charge < -0.3 is 30.7 Å². The summed E-state index contributed by atoms with van der Waals surface area (Å²) in [6, 6.07) is 13.9. The molecule has 3 heterocycles. The molecule has 1 aliphatic heterocycles. The molecule has 3 atom stereocenters. The van der Waals surface area contributed by atoms with Crippen molar-refractivity contribution in [2.75, 3.05) is 26.7 Å². The number of hydrogen-bond acceptors (Lipinski definition) is 8. The predicted octanol–water partition coefficient (Wildman–Crippen LogP) is 0.195. The summed E-state index contributed by atoms with van der Waals surface area (Å²) in [5, 5.41) is 20.4. The fourth-order valence-electron chi connectivity index (χ4n) is 5.66. The van der Waals surface area contributed by atoms with E-state index in [0.29, 0.717) is 13.0 Å². The molecule has 5 amide bonds. The molecule has 4 N–H and O–H groups in total. The van der Waals surface area contributed by atoms with Gasteiger partial charge in [0.1, 0.15) is 24.5 Å². The number of amides is 5. The van der Waals surface area contributed by atoms with Crippen molar-refractivity contribution in [1.29, 1.82) is 0 Å². The standard InChI is InChI=1S/C33H40N10O5/c1-22-31(46)38-27(17-23-9-4-3-5-10-23)32(47)34-14-16-42(30(45)13-8-15-43-21-36-39-40-43)20-29(44)37-28(33(48)41(22)2)18-24-19-35-26-12-7-6-11-25(24)26/h3-7,9-12,19,21-22,27-28,35H,8,13-18,20H2,1-2H3,(H,34,47)(H,37,44)(H,38,46)/t22-,27-,28-/m0/s1. The smallest absolute Gasteiger partial charge is 0.245 e. The van der Waals surface area contributed by atoms with Crippen LogP contribution >= 0.6 is 0 Å². The van der Waals surface area contributed by atoms with Gasteiger partial charge in [-0.1, -0.05) is 48.5 Å². The van der Waals surface area contributed by atoms with Crippen molar-refractivity contribution < 1.29 is 24.0 Å². The molecule has 15 heteroatoms. The van der Waals surface area contributed by atoms with Gasteiger partial charge >= 0.3 is 0 Å². The number of para-hydroxylation sites is 1. The van der Waals surface area contributed by atoms with E-state index in [1.54, 1.807) is 13.1 Å². The number of benzene rings is 2. The SMILES string of the molecule is C[C@H]1C(=O)N[C@@H](Cc2ccccc2)C(=O)NCCN(C(=O)CCCn2cnnn2)CC(=O)N[C@@H](Cc2c[nH]c3ccccc23)C(=O)N1C. The normalized spacial score (nSPS) is 20.1. The zero-order chi connectivity index (χ0) is 34.0. The minimum Gasteiger partial charge on any atom is -0.361 e. The highest BCUT2D eigenvalue weighted by molar-refractivity contribution is 5.95. The number of hydrogen-bond donors (Lipinski definition) is 4. The number of nitrogens with one attached hydrogen (secondary N) is 4. The number of aromatic amines is 1. The Labute approximate surface area is 277 Å². The summed E-state index contributed by atoms with van der Waals surface area (Å²) in [5.41, 5.74) is 2.52. The Hall–Kier alpha value is -5.60. The van der Waals surface area contributed by atoms with Crippen LogP contribution in [0.3, 0.4) is 0 Å². The average molecular weight is 657 g/mol. The minimum absolute atomic E-state index is 0.0340. The van der Waals surface area contributed by atoms with Crippen molar-refractivity contribution >= 4 is 40.4 Å². The van der Waals surface area contributed by atoms with Gasteiger partial charge in [0.25, 0.3) is 0 Å². The molecule has 0 unspecified atom stereocenters. The molecule has 1 aliphatic rings. The van der Waals surface area contributed by atoms with E-state index < -0.39 is 41.8 Å². The van der Waals surface area contributed by atoms with Crippen molar-refractivity contribution in [3.05, 3.63) is 78.2 Å². The van der Waals surface area contributed by atoms with E-state index in [9.17, 15) is 24.0 Å². The first-order chi connectivity index (χ1) is 23.2. The second-order valence-corrected chi connectivity index (χ2v) is 11.8. The number of tetrazole rings is 1. The van der Waals surface area contributed by atoms with Gasteiger partial charge in [0.05, 0.1) is 6.54 Å². The Bertz CT molecular complexity index is 1720. The van der Waals surface area contributed by atoms with Crippen molar-refractivity contribution in [2.45, 2.75) is 57.3 Å². The van der Waals surface area contributed by atoms with Gasteiger partial charge in [0.2, 0.25) is 29.5 Å². The predicted molar refractivity (Wildman–Crippen MR) is 175 cm³/mol. The highest BCUT2D eigenvalue weighted by Gasteiger charge is 2.33. The topological polar surface area (TPSA) is 187 Å². The molecule has 5 rings (SSSR count). The van der Waals surface area contributed by atoms with E-state index in [-0.39, 0.29) is 44.8 Å². The molecule has 0 spiro atoms. The maximum absolute atomic E-state index is 14.0.